The molecule has 2 rings (SSSR count). The van der Waals surface area contributed by atoms with Crippen LogP contribution < -0.4 is 5.32 Å². The Bertz CT molecular complexity index is 337. The Labute approximate surface area is 114 Å². The lowest BCUT2D eigenvalue weighted by Crippen LogP contribution is -2.53. The maximum Gasteiger partial charge on any atom is 0.0831 e. The van der Waals surface area contributed by atoms with Crippen molar-refractivity contribution in [1.82, 2.24) is 20.0 Å². The molecule has 17 heavy (non-hydrogen) atoms. The van der Waals surface area contributed by atoms with Crippen LogP contribution in [-0.2, 0) is 13.6 Å². The standard InChI is InChI=1S/C11H19ClN4.ClH/c1-8-5-16(6-9(2)14-8)7-11-10(12)4-13-15(11)3;/h4,8-9,14H,5-7H2,1-3H3;1H. The number of hydrogen-bond donors (Lipinski definition) is 1. The third-order valence-corrected chi connectivity index (χ3v) is 3.33. The lowest BCUT2D eigenvalue weighted by atomic mass is 10.1. The van der Waals surface area contributed by atoms with Crippen molar-refractivity contribution in [3.05, 3.63) is 16.9 Å². The van der Waals surface area contributed by atoms with Crippen LogP contribution in [-0.4, -0.2) is 39.9 Å². The molecule has 1 aliphatic heterocycles. The molecule has 1 aromatic heterocycles. The molecule has 98 valence electrons. The van der Waals surface area contributed by atoms with Crippen molar-refractivity contribution in [1.29, 1.82) is 0 Å². The first kappa shape index (κ1) is 14.8. The van der Waals surface area contributed by atoms with Crippen LogP contribution in [0.3, 0.4) is 0 Å². The summed E-state index contributed by atoms with van der Waals surface area (Å²) in [6, 6.07) is 1.08. The van der Waals surface area contributed by atoms with E-state index in [0.717, 1.165) is 30.4 Å². The van der Waals surface area contributed by atoms with Gasteiger partial charge in [0.25, 0.3) is 0 Å². The third-order valence-electron chi connectivity index (χ3n) is 3.02. The first-order valence-electron chi connectivity index (χ1n) is 5.71. The molecule has 0 aliphatic carbocycles. The number of aryl methyl sites for hydroxylation is 1. The molecular weight excluding hydrogens is 259 g/mol. The minimum Gasteiger partial charge on any atom is -0.309 e. The van der Waals surface area contributed by atoms with Gasteiger partial charge in [0.15, 0.2) is 0 Å². The fourth-order valence-electron chi connectivity index (χ4n) is 2.40. The lowest BCUT2D eigenvalue weighted by molar-refractivity contribution is 0.163. The van der Waals surface area contributed by atoms with Gasteiger partial charge in [-0.15, -0.1) is 12.4 Å². The summed E-state index contributed by atoms with van der Waals surface area (Å²) in [5.41, 5.74) is 1.10. The number of aromatic nitrogens is 2. The van der Waals surface area contributed by atoms with E-state index in [2.05, 4.69) is 29.2 Å². The van der Waals surface area contributed by atoms with E-state index in [4.69, 9.17) is 11.6 Å². The van der Waals surface area contributed by atoms with Crippen LogP contribution in [0.2, 0.25) is 5.02 Å². The molecule has 0 bridgehead atoms. The van der Waals surface area contributed by atoms with Crippen LogP contribution in [0.5, 0.6) is 0 Å². The van der Waals surface area contributed by atoms with E-state index in [1.165, 1.54) is 0 Å². The predicted molar refractivity (Wildman–Crippen MR) is 72.8 cm³/mol. The van der Waals surface area contributed by atoms with Crippen LogP contribution in [0.15, 0.2) is 6.20 Å². The molecule has 1 N–H and O–H groups in total. The van der Waals surface area contributed by atoms with Crippen molar-refractivity contribution in [2.75, 3.05) is 13.1 Å². The van der Waals surface area contributed by atoms with Gasteiger partial charge in [0.2, 0.25) is 0 Å². The maximum atomic E-state index is 6.11. The van der Waals surface area contributed by atoms with Gasteiger partial charge in [-0.1, -0.05) is 11.6 Å². The second kappa shape index (κ2) is 6.05. The molecule has 2 unspecified atom stereocenters. The molecule has 0 amide bonds. The molecule has 0 saturated carbocycles. The van der Waals surface area contributed by atoms with Crippen molar-refractivity contribution in [3.63, 3.8) is 0 Å². The Morgan fingerprint density at radius 1 is 1.41 bits per heavy atom. The van der Waals surface area contributed by atoms with Crippen LogP contribution in [0, 0.1) is 0 Å². The van der Waals surface area contributed by atoms with Gasteiger partial charge in [0, 0.05) is 38.8 Å². The normalized spacial score (nSPS) is 25.6. The van der Waals surface area contributed by atoms with Gasteiger partial charge in [-0.3, -0.25) is 9.58 Å². The topological polar surface area (TPSA) is 33.1 Å². The van der Waals surface area contributed by atoms with Crippen molar-refractivity contribution < 1.29 is 0 Å². The molecule has 6 heteroatoms. The van der Waals surface area contributed by atoms with Crippen molar-refractivity contribution in [2.45, 2.75) is 32.5 Å². The van der Waals surface area contributed by atoms with Gasteiger partial charge in [0.1, 0.15) is 0 Å². The Hall–Kier alpha value is -0.290. The zero-order chi connectivity index (χ0) is 11.7. The number of halogens is 2. The summed E-state index contributed by atoms with van der Waals surface area (Å²) >= 11 is 6.11. The van der Waals surface area contributed by atoms with E-state index >= 15 is 0 Å². The fourth-order valence-corrected chi connectivity index (χ4v) is 2.62. The zero-order valence-electron chi connectivity index (χ0n) is 10.5. The second-order valence-electron chi connectivity index (χ2n) is 4.73. The highest BCUT2D eigenvalue weighted by Crippen LogP contribution is 2.17. The van der Waals surface area contributed by atoms with E-state index in [1.807, 2.05) is 11.7 Å². The van der Waals surface area contributed by atoms with Gasteiger partial charge >= 0.3 is 0 Å². The molecule has 1 fully saturated rings. The molecule has 1 saturated heterocycles. The predicted octanol–water partition coefficient (Wildman–Crippen LogP) is 1.68. The first-order chi connectivity index (χ1) is 7.56. The van der Waals surface area contributed by atoms with Crippen molar-refractivity contribution in [2.24, 2.45) is 7.05 Å². The summed E-state index contributed by atoms with van der Waals surface area (Å²) in [6.45, 7) is 7.43. The smallest absolute Gasteiger partial charge is 0.0831 e. The monoisotopic (exact) mass is 278 g/mol. The van der Waals surface area contributed by atoms with Gasteiger partial charge in [0.05, 0.1) is 16.9 Å². The Morgan fingerprint density at radius 2 is 2.00 bits per heavy atom. The van der Waals surface area contributed by atoms with Crippen molar-refractivity contribution in [3.8, 4) is 0 Å². The van der Waals surface area contributed by atoms with Crippen molar-refractivity contribution >= 4 is 24.0 Å². The summed E-state index contributed by atoms with van der Waals surface area (Å²) < 4.78 is 1.86. The molecule has 4 nitrogen and oxygen atoms in total. The Kier molecular flexibility index (Phi) is 5.25. The van der Waals surface area contributed by atoms with E-state index in [9.17, 15) is 0 Å². The molecule has 2 heterocycles. The summed E-state index contributed by atoms with van der Waals surface area (Å²) in [5, 5.41) is 8.45. The summed E-state index contributed by atoms with van der Waals surface area (Å²) in [7, 11) is 1.94. The number of nitrogens with zero attached hydrogens (tertiary/aromatic N) is 3. The van der Waals surface area contributed by atoms with E-state index in [1.54, 1.807) is 6.20 Å². The van der Waals surface area contributed by atoms with Gasteiger partial charge in [-0.05, 0) is 13.8 Å². The average Bonchev–Trinajstić information content (AvgIpc) is 2.48. The molecule has 0 spiro atoms. The molecular formula is C11H20Cl2N4. The molecule has 0 radical (unpaired) electrons. The van der Waals surface area contributed by atoms with Gasteiger partial charge in [-0.25, -0.2) is 0 Å². The SMILES string of the molecule is CC1CN(Cc2c(Cl)cnn2C)CC(C)N1.Cl. The summed E-state index contributed by atoms with van der Waals surface area (Å²) in [6.07, 6.45) is 1.71. The molecule has 0 aromatic carbocycles. The largest absolute Gasteiger partial charge is 0.309 e. The fraction of sp³-hybridized carbons (Fsp3) is 0.727. The highest BCUT2D eigenvalue weighted by molar-refractivity contribution is 6.31. The highest BCUT2D eigenvalue weighted by Gasteiger charge is 2.22. The van der Waals surface area contributed by atoms with E-state index in [0.29, 0.717) is 12.1 Å². The van der Waals surface area contributed by atoms with Crippen LogP contribution >= 0.6 is 24.0 Å². The van der Waals surface area contributed by atoms with E-state index < -0.39 is 0 Å². The quantitative estimate of drug-likeness (QED) is 0.894. The third kappa shape index (κ3) is 3.58. The van der Waals surface area contributed by atoms with Crippen LogP contribution in [0.1, 0.15) is 19.5 Å². The zero-order valence-corrected chi connectivity index (χ0v) is 12.1. The number of piperazine rings is 1. The van der Waals surface area contributed by atoms with Crippen LogP contribution in [0.25, 0.3) is 0 Å². The number of nitrogens with one attached hydrogen (secondary N) is 1. The maximum absolute atomic E-state index is 6.11. The Balaban J connectivity index is 0.00000144. The summed E-state index contributed by atoms with van der Waals surface area (Å²) in [5.74, 6) is 0. The average molecular weight is 279 g/mol. The Morgan fingerprint density at radius 3 is 2.47 bits per heavy atom. The molecule has 1 aromatic rings. The molecule has 2 atom stereocenters. The first-order valence-corrected chi connectivity index (χ1v) is 6.09. The lowest BCUT2D eigenvalue weighted by Gasteiger charge is -2.36. The summed E-state index contributed by atoms with van der Waals surface area (Å²) in [4.78, 5) is 2.43. The molecule has 1 aliphatic rings. The minimum absolute atomic E-state index is 0. The highest BCUT2D eigenvalue weighted by atomic mass is 35.5. The number of hydrogen-bond acceptors (Lipinski definition) is 3. The van der Waals surface area contributed by atoms with E-state index in [-0.39, 0.29) is 12.4 Å². The van der Waals surface area contributed by atoms with Gasteiger partial charge < -0.3 is 5.32 Å². The van der Waals surface area contributed by atoms with Crippen LogP contribution in [0.4, 0.5) is 0 Å². The minimum atomic E-state index is 0. The van der Waals surface area contributed by atoms with Gasteiger partial charge in [-0.2, -0.15) is 5.10 Å². The second-order valence-corrected chi connectivity index (χ2v) is 5.13. The number of rotatable bonds is 2.